The lowest BCUT2D eigenvalue weighted by molar-refractivity contribution is -0.126. The molecule has 1 aliphatic heterocycles. The second-order valence-corrected chi connectivity index (χ2v) is 7.95. The van der Waals surface area contributed by atoms with Gasteiger partial charge in [-0.2, -0.15) is 0 Å². The van der Waals surface area contributed by atoms with E-state index in [1.807, 2.05) is 0 Å². The number of ether oxygens (including phenoxy) is 1. The van der Waals surface area contributed by atoms with Crippen molar-refractivity contribution in [2.45, 2.75) is 38.6 Å². The van der Waals surface area contributed by atoms with Crippen LogP contribution in [0.2, 0.25) is 0 Å². The highest BCUT2D eigenvalue weighted by Gasteiger charge is 2.27. The first-order chi connectivity index (χ1) is 14.3. The number of hydrogen-bond donors (Lipinski definition) is 2. The Morgan fingerprint density at radius 3 is 2.77 bits per heavy atom. The summed E-state index contributed by atoms with van der Waals surface area (Å²) >= 11 is 0. The first-order valence-corrected chi connectivity index (χ1v) is 10.4. The Morgan fingerprint density at radius 1 is 1.40 bits per heavy atom. The van der Waals surface area contributed by atoms with Gasteiger partial charge in [0.05, 0.1) is 12.3 Å². The molecule has 1 atom stereocenters. The summed E-state index contributed by atoms with van der Waals surface area (Å²) in [7, 11) is 0. The Morgan fingerprint density at radius 2 is 2.17 bits per heavy atom. The molecule has 164 valence electrons. The highest BCUT2D eigenvalue weighted by atomic mass is 19.1. The summed E-state index contributed by atoms with van der Waals surface area (Å²) in [5.41, 5.74) is 5.89. The second-order valence-electron chi connectivity index (χ2n) is 7.95. The van der Waals surface area contributed by atoms with Gasteiger partial charge in [-0.25, -0.2) is 4.39 Å². The predicted octanol–water partition coefficient (Wildman–Crippen LogP) is 1.49. The Bertz CT molecular complexity index is 799. The van der Waals surface area contributed by atoms with E-state index >= 15 is 0 Å². The molecule has 30 heavy (non-hydrogen) atoms. The van der Waals surface area contributed by atoms with E-state index in [-0.39, 0.29) is 42.4 Å². The minimum absolute atomic E-state index is 0.0657. The third kappa shape index (κ3) is 5.54. The maximum atomic E-state index is 14.5. The molecule has 0 unspecified atom stereocenters. The fourth-order valence-corrected chi connectivity index (χ4v) is 3.66. The minimum atomic E-state index is -0.575. The van der Waals surface area contributed by atoms with E-state index in [2.05, 4.69) is 10.2 Å². The van der Waals surface area contributed by atoms with Crippen molar-refractivity contribution < 1.29 is 23.5 Å². The first-order valence-electron chi connectivity index (χ1n) is 10.4. The summed E-state index contributed by atoms with van der Waals surface area (Å²) in [6, 6.07) is 4.67. The molecule has 1 saturated heterocycles. The van der Waals surface area contributed by atoms with E-state index in [4.69, 9.17) is 10.5 Å². The van der Waals surface area contributed by atoms with Crippen LogP contribution in [0.4, 0.5) is 15.8 Å². The van der Waals surface area contributed by atoms with Crippen LogP contribution in [0.5, 0.6) is 0 Å². The molecule has 3 N–H and O–H groups in total. The topological polar surface area (TPSA) is 105 Å². The Balaban J connectivity index is 1.55. The molecule has 0 aromatic heterocycles. The van der Waals surface area contributed by atoms with Gasteiger partial charge in [0, 0.05) is 43.7 Å². The van der Waals surface area contributed by atoms with Gasteiger partial charge in [-0.15, -0.1) is 0 Å². The third-order valence-corrected chi connectivity index (χ3v) is 5.72. The van der Waals surface area contributed by atoms with Crippen molar-refractivity contribution in [2.75, 3.05) is 43.1 Å². The summed E-state index contributed by atoms with van der Waals surface area (Å²) in [5, 5.41) is 2.71. The summed E-state index contributed by atoms with van der Waals surface area (Å²) in [6.07, 6.45) is 3.49. The largest absolute Gasteiger partial charge is 0.370 e. The zero-order valence-electron chi connectivity index (χ0n) is 17.2. The smallest absolute Gasteiger partial charge is 0.253 e. The average molecular weight is 420 g/mol. The van der Waals surface area contributed by atoms with E-state index in [1.165, 1.54) is 17.0 Å². The number of carbonyl (C=O) groups is 3. The number of amides is 3. The molecule has 2 fully saturated rings. The molecule has 0 spiro atoms. The number of rotatable bonds is 9. The van der Waals surface area contributed by atoms with Gasteiger partial charge in [-0.05, 0) is 31.0 Å². The van der Waals surface area contributed by atoms with Crippen LogP contribution in [-0.4, -0.2) is 61.5 Å². The Kier molecular flexibility index (Phi) is 7.38. The number of nitrogens with two attached hydrogens (primary N) is 1. The number of benzene rings is 1. The van der Waals surface area contributed by atoms with E-state index in [9.17, 15) is 18.8 Å². The zero-order chi connectivity index (χ0) is 21.7. The van der Waals surface area contributed by atoms with Crippen LogP contribution in [0.1, 0.15) is 32.6 Å². The monoisotopic (exact) mass is 420 g/mol. The number of nitrogens with zero attached hydrogens (tertiary/aromatic N) is 2. The lowest BCUT2D eigenvalue weighted by Crippen LogP contribution is -2.45. The number of morpholine rings is 1. The van der Waals surface area contributed by atoms with Crippen LogP contribution < -0.4 is 16.0 Å². The molecule has 8 nitrogen and oxygen atoms in total. The molecule has 1 heterocycles. The number of primary amides is 1. The second kappa shape index (κ2) is 9.99. The molecule has 0 radical (unpaired) electrons. The van der Waals surface area contributed by atoms with Gasteiger partial charge in [0.25, 0.3) is 5.91 Å². The fraction of sp³-hybridized carbons (Fsp3) is 0.571. The highest BCUT2D eigenvalue weighted by Crippen LogP contribution is 2.26. The molecule has 0 bridgehead atoms. The van der Waals surface area contributed by atoms with Crippen molar-refractivity contribution in [3.8, 4) is 0 Å². The van der Waals surface area contributed by atoms with E-state index in [1.54, 1.807) is 13.0 Å². The molecular weight excluding hydrogens is 391 g/mol. The molecule has 3 amide bonds. The van der Waals surface area contributed by atoms with E-state index in [0.29, 0.717) is 38.0 Å². The zero-order valence-corrected chi connectivity index (χ0v) is 17.2. The molecule has 1 aromatic rings. The Hall–Kier alpha value is -2.52. The van der Waals surface area contributed by atoms with Gasteiger partial charge in [0.2, 0.25) is 11.8 Å². The van der Waals surface area contributed by atoms with Crippen LogP contribution in [0.3, 0.4) is 0 Å². The van der Waals surface area contributed by atoms with Crippen LogP contribution in [0.25, 0.3) is 0 Å². The van der Waals surface area contributed by atoms with Crippen LogP contribution in [-0.2, 0) is 19.1 Å². The van der Waals surface area contributed by atoms with Crippen molar-refractivity contribution >= 4 is 29.1 Å². The quantitative estimate of drug-likeness (QED) is 0.630. The highest BCUT2D eigenvalue weighted by molar-refractivity contribution is 5.96. The van der Waals surface area contributed by atoms with Crippen LogP contribution >= 0.6 is 0 Å². The van der Waals surface area contributed by atoms with Gasteiger partial charge in [0.1, 0.15) is 12.4 Å². The van der Waals surface area contributed by atoms with Gasteiger partial charge in [0.15, 0.2) is 0 Å². The standard InChI is InChI=1S/C21H29FN4O4/c1-14(21(23)29)12-25(16-3-2-4-16)8-7-19(27)24-15-5-6-18(17(22)11-15)26-9-10-30-13-20(26)28/h5-6,11,14,16H,2-4,7-10,12-13H2,1H3,(H2,23,29)(H,24,27)/t14-/m0/s1. The van der Waals surface area contributed by atoms with Gasteiger partial charge >= 0.3 is 0 Å². The number of halogens is 1. The molecule has 1 aliphatic carbocycles. The third-order valence-electron chi connectivity index (χ3n) is 5.72. The predicted molar refractivity (Wildman–Crippen MR) is 110 cm³/mol. The van der Waals surface area contributed by atoms with Crippen LogP contribution in [0, 0.1) is 11.7 Å². The first kappa shape index (κ1) is 22.2. The minimum Gasteiger partial charge on any atom is -0.370 e. The number of carbonyl (C=O) groups excluding carboxylic acids is 3. The van der Waals surface area contributed by atoms with Gasteiger partial charge < -0.3 is 20.7 Å². The lowest BCUT2D eigenvalue weighted by atomic mass is 9.90. The summed E-state index contributed by atoms with van der Waals surface area (Å²) in [4.78, 5) is 39.2. The summed E-state index contributed by atoms with van der Waals surface area (Å²) < 4.78 is 19.6. The van der Waals surface area contributed by atoms with Gasteiger partial charge in [-0.3, -0.25) is 19.3 Å². The SMILES string of the molecule is C[C@@H](CN(CCC(=O)Nc1ccc(N2CCOCC2=O)c(F)c1)C1CCC1)C(N)=O. The van der Waals surface area contributed by atoms with Crippen molar-refractivity contribution in [2.24, 2.45) is 11.7 Å². The van der Waals surface area contributed by atoms with Crippen molar-refractivity contribution in [3.05, 3.63) is 24.0 Å². The molecule has 3 rings (SSSR count). The number of hydrogen-bond acceptors (Lipinski definition) is 5. The molecule has 1 aromatic carbocycles. The Labute approximate surface area is 175 Å². The van der Waals surface area contributed by atoms with E-state index in [0.717, 1.165) is 19.3 Å². The molecular formula is C21H29FN4O4. The molecule has 2 aliphatic rings. The fourth-order valence-electron chi connectivity index (χ4n) is 3.66. The summed E-state index contributed by atoms with van der Waals surface area (Å²) in [5.74, 6) is -1.73. The maximum absolute atomic E-state index is 14.5. The number of nitrogens with one attached hydrogen (secondary N) is 1. The normalized spacial score (nSPS) is 18.2. The van der Waals surface area contributed by atoms with Gasteiger partial charge in [-0.1, -0.05) is 13.3 Å². The summed E-state index contributed by atoms with van der Waals surface area (Å²) in [6.45, 7) is 3.42. The molecule has 9 heteroatoms. The lowest BCUT2D eigenvalue weighted by Gasteiger charge is -2.38. The van der Waals surface area contributed by atoms with E-state index < -0.39 is 5.82 Å². The number of anilines is 2. The average Bonchev–Trinajstić information content (AvgIpc) is 2.65. The maximum Gasteiger partial charge on any atom is 0.253 e. The van der Waals surface area contributed by atoms with Crippen LogP contribution in [0.15, 0.2) is 18.2 Å². The van der Waals surface area contributed by atoms with Crippen molar-refractivity contribution in [1.82, 2.24) is 4.90 Å². The van der Waals surface area contributed by atoms with Crippen molar-refractivity contribution in [3.63, 3.8) is 0 Å². The van der Waals surface area contributed by atoms with Crippen molar-refractivity contribution in [1.29, 1.82) is 0 Å². The molecule has 1 saturated carbocycles.